The lowest BCUT2D eigenvalue weighted by Gasteiger charge is -2.26. The Kier molecular flexibility index (Phi) is 6.72. The first-order valence-electron chi connectivity index (χ1n) is 8.45. The molecular weight excluding hydrogens is 312 g/mol. The van der Waals surface area contributed by atoms with Crippen LogP contribution in [0.4, 0.5) is 0 Å². The van der Waals surface area contributed by atoms with Crippen LogP contribution in [0.3, 0.4) is 0 Å². The molecule has 128 valence electrons. The summed E-state index contributed by atoms with van der Waals surface area (Å²) in [4.78, 5) is 14.7. The second-order valence-corrected chi connectivity index (χ2v) is 6.35. The van der Waals surface area contributed by atoms with Gasteiger partial charge in [0.1, 0.15) is 5.75 Å². The van der Waals surface area contributed by atoms with Gasteiger partial charge in [0.05, 0.1) is 13.2 Å². The predicted molar refractivity (Wildman–Crippen MR) is 94.2 cm³/mol. The van der Waals surface area contributed by atoms with Crippen molar-refractivity contribution in [2.45, 2.75) is 50.6 Å². The van der Waals surface area contributed by atoms with Gasteiger partial charge >= 0.3 is 0 Å². The summed E-state index contributed by atoms with van der Waals surface area (Å²) in [7, 11) is 1.69. The van der Waals surface area contributed by atoms with Gasteiger partial charge in [-0.15, -0.1) is 12.4 Å². The molecule has 2 aliphatic heterocycles. The van der Waals surface area contributed by atoms with E-state index in [0.29, 0.717) is 18.4 Å². The van der Waals surface area contributed by atoms with Gasteiger partial charge in [-0.25, -0.2) is 0 Å². The van der Waals surface area contributed by atoms with E-state index in [1.54, 1.807) is 7.11 Å². The summed E-state index contributed by atoms with van der Waals surface area (Å²) < 4.78 is 5.31. The molecule has 23 heavy (non-hydrogen) atoms. The molecule has 0 aliphatic carbocycles. The molecule has 5 heteroatoms. The van der Waals surface area contributed by atoms with Crippen LogP contribution in [0.5, 0.6) is 5.75 Å². The van der Waals surface area contributed by atoms with Gasteiger partial charge in [0.15, 0.2) is 0 Å². The Balaban J connectivity index is 0.00000192. The molecule has 1 amide bonds. The molecular formula is C18H27ClN2O2. The zero-order valence-electron chi connectivity index (χ0n) is 13.8. The topological polar surface area (TPSA) is 41.6 Å². The highest BCUT2D eigenvalue weighted by Crippen LogP contribution is 2.34. The number of rotatable bonds is 5. The second-order valence-electron chi connectivity index (χ2n) is 6.35. The van der Waals surface area contributed by atoms with E-state index in [1.165, 1.54) is 18.4 Å². The third-order valence-electron chi connectivity index (χ3n) is 4.92. The molecule has 1 aromatic carbocycles. The Morgan fingerprint density at radius 1 is 1.35 bits per heavy atom. The fourth-order valence-corrected chi connectivity index (χ4v) is 3.70. The molecule has 1 aromatic rings. The quantitative estimate of drug-likeness (QED) is 0.895. The van der Waals surface area contributed by atoms with Crippen LogP contribution in [0.15, 0.2) is 24.3 Å². The van der Waals surface area contributed by atoms with E-state index in [4.69, 9.17) is 4.74 Å². The molecule has 1 N–H and O–H groups in total. The fraction of sp³-hybridized carbons (Fsp3) is 0.611. The van der Waals surface area contributed by atoms with Gasteiger partial charge < -0.3 is 15.0 Å². The van der Waals surface area contributed by atoms with Crippen LogP contribution in [-0.2, 0) is 4.79 Å². The number of carbonyl (C=O) groups excluding carboxylic acids is 1. The first-order valence-corrected chi connectivity index (χ1v) is 8.45. The number of hydrogen-bond acceptors (Lipinski definition) is 3. The first kappa shape index (κ1) is 18.1. The maximum Gasteiger partial charge on any atom is 0.223 e. The third-order valence-corrected chi connectivity index (χ3v) is 4.92. The van der Waals surface area contributed by atoms with E-state index in [9.17, 15) is 4.79 Å². The molecule has 2 aliphatic rings. The number of benzene rings is 1. The number of likely N-dealkylation sites (tertiary alicyclic amines) is 1. The highest BCUT2D eigenvalue weighted by atomic mass is 35.5. The van der Waals surface area contributed by atoms with Crippen molar-refractivity contribution in [3.63, 3.8) is 0 Å². The van der Waals surface area contributed by atoms with Crippen LogP contribution >= 0.6 is 12.4 Å². The first-order chi connectivity index (χ1) is 10.8. The molecule has 3 rings (SSSR count). The minimum atomic E-state index is 0. The summed E-state index contributed by atoms with van der Waals surface area (Å²) in [5, 5.41) is 3.47. The summed E-state index contributed by atoms with van der Waals surface area (Å²) in [5.74, 6) is 1.17. The van der Waals surface area contributed by atoms with E-state index in [2.05, 4.69) is 22.3 Å². The maximum absolute atomic E-state index is 12.6. The SMILES string of the molecule is COc1cccc(C2CCCN2C(=O)CCC2CCCN2)c1.Cl. The summed E-state index contributed by atoms with van der Waals surface area (Å²) in [6, 6.07) is 8.90. The smallest absolute Gasteiger partial charge is 0.223 e. The minimum absolute atomic E-state index is 0. The van der Waals surface area contributed by atoms with Crippen LogP contribution in [-0.4, -0.2) is 37.0 Å². The highest BCUT2D eigenvalue weighted by Gasteiger charge is 2.30. The van der Waals surface area contributed by atoms with Crippen LogP contribution in [0, 0.1) is 0 Å². The van der Waals surface area contributed by atoms with Gasteiger partial charge in [-0.05, 0) is 56.3 Å². The molecule has 2 unspecified atom stereocenters. The number of carbonyl (C=O) groups is 1. The molecule has 2 heterocycles. The lowest BCUT2D eigenvalue weighted by atomic mass is 10.0. The van der Waals surface area contributed by atoms with Crippen LogP contribution < -0.4 is 10.1 Å². The molecule has 2 atom stereocenters. The van der Waals surface area contributed by atoms with Crippen molar-refractivity contribution in [1.82, 2.24) is 10.2 Å². The Labute approximate surface area is 145 Å². The second kappa shape index (κ2) is 8.55. The van der Waals surface area contributed by atoms with Crippen molar-refractivity contribution in [1.29, 1.82) is 0 Å². The number of halogens is 1. The fourth-order valence-electron chi connectivity index (χ4n) is 3.70. The molecule has 0 radical (unpaired) electrons. The van der Waals surface area contributed by atoms with Gasteiger partial charge in [-0.3, -0.25) is 4.79 Å². The van der Waals surface area contributed by atoms with Crippen molar-refractivity contribution in [2.24, 2.45) is 0 Å². The number of hydrogen-bond donors (Lipinski definition) is 1. The summed E-state index contributed by atoms with van der Waals surface area (Å²) in [5.41, 5.74) is 1.20. The number of ether oxygens (including phenoxy) is 1. The average Bonchev–Trinajstić information content (AvgIpc) is 3.24. The average molecular weight is 339 g/mol. The van der Waals surface area contributed by atoms with Crippen molar-refractivity contribution in [2.75, 3.05) is 20.2 Å². The number of nitrogens with one attached hydrogen (secondary N) is 1. The number of methoxy groups -OCH3 is 1. The van der Waals surface area contributed by atoms with Crippen molar-refractivity contribution in [3.05, 3.63) is 29.8 Å². The van der Waals surface area contributed by atoms with E-state index < -0.39 is 0 Å². The van der Waals surface area contributed by atoms with Gasteiger partial charge in [0.25, 0.3) is 0 Å². The Morgan fingerprint density at radius 2 is 2.22 bits per heavy atom. The summed E-state index contributed by atoms with van der Waals surface area (Å²) in [6.45, 7) is 1.99. The lowest BCUT2D eigenvalue weighted by Crippen LogP contribution is -2.32. The maximum atomic E-state index is 12.6. The zero-order chi connectivity index (χ0) is 15.4. The highest BCUT2D eigenvalue weighted by molar-refractivity contribution is 5.85. The van der Waals surface area contributed by atoms with Crippen molar-refractivity contribution < 1.29 is 9.53 Å². The van der Waals surface area contributed by atoms with Gasteiger partial charge in [-0.2, -0.15) is 0 Å². The molecule has 0 bridgehead atoms. The zero-order valence-corrected chi connectivity index (χ0v) is 14.6. The van der Waals surface area contributed by atoms with Crippen LogP contribution in [0.25, 0.3) is 0 Å². The lowest BCUT2D eigenvalue weighted by molar-refractivity contribution is -0.132. The van der Waals surface area contributed by atoms with Crippen LogP contribution in [0.1, 0.15) is 50.1 Å². The van der Waals surface area contributed by atoms with E-state index in [0.717, 1.165) is 38.1 Å². The van der Waals surface area contributed by atoms with E-state index in [-0.39, 0.29) is 18.4 Å². The molecule has 0 spiro atoms. The van der Waals surface area contributed by atoms with Crippen LogP contribution in [0.2, 0.25) is 0 Å². The van der Waals surface area contributed by atoms with Crippen molar-refractivity contribution >= 4 is 18.3 Å². The molecule has 0 saturated carbocycles. The predicted octanol–water partition coefficient (Wildman–Crippen LogP) is 3.31. The monoisotopic (exact) mass is 338 g/mol. The normalized spacial score (nSPS) is 23.6. The Hall–Kier alpha value is -1.26. The molecule has 2 fully saturated rings. The van der Waals surface area contributed by atoms with E-state index >= 15 is 0 Å². The molecule has 0 aromatic heterocycles. The number of amides is 1. The van der Waals surface area contributed by atoms with Gasteiger partial charge in [0, 0.05) is 19.0 Å². The van der Waals surface area contributed by atoms with E-state index in [1.807, 2.05) is 12.1 Å². The Bertz CT molecular complexity index is 517. The van der Waals surface area contributed by atoms with Gasteiger partial charge in [-0.1, -0.05) is 12.1 Å². The molecule has 4 nitrogen and oxygen atoms in total. The molecule has 2 saturated heterocycles. The van der Waals surface area contributed by atoms with Crippen molar-refractivity contribution in [3.8, 4) is 5.75 Å². The minimum Gasteiger partial charge on any atom is -0.497 e. The summed E-state index contributed by atoms with van der Waals surface area (Å²) >= 11 is 0. The number of nitrogens with zero attached hydrogens (tertiary/aromatic N) is 1. The standard InChI is InChI=1S/C18H26N2O2.ClH/c1-22-16-7-2-5-14(13-16)17-8-4-12-20(17)18(21)10-9-15-6-3-11-19-15;/h2,5,7,13,15,17,19H,3-4,6,8-12H2,1H3;1H. The summed E-state index contributed by atoms with van der Waals surface area (Å²) in [6.07, 6.45) is 6.25. The van der Waals surface area contributed by atoms with Gasteiger partial charge in [0.2, 0.25) is 5.91 Å². The third kappa shape index (κ3) is 4.39. The largest absolute Gasteiger partial charge is 0.497 e. The Morgan fingerprint density at radius 3 is 2.96 bits per heavy atom.